The fourth-order valence-corrected chi connectivity index (χ4v) is 2.84. The molecule has 0 saturated heterocycles. The molecule has 1 aromatic carbocycles. The highest BCUT2D eigenvalue weighted by Crippen LogP contribution is 2.62. The largest absolute Gasteiger partial charge is 0.307 e. The molecule has 26 heavy (non-hydrogen) atoms. The summed E-state index contributed by atoms with van der Waals surface area (Å²) in [7, 11) is 1.01. The van der Waals surface area contributed by atoms with Gasteiger partial charge in [0.25, 0.3) is 11.7 Å². The van der Waals surface area contributed by atoms with Gasteiger partial charge in [-0.1, -0.05) is 36.4 Å². The third kappa shape index (κ3) is 2.93. The zero-order valence-electron chi connectivity index (χ0n) is 13.9. The van der Waals surface area contributed by atoms with Crippen LogP contribution in [0.1, 0.15) is 28.5 Å². The minimum absolute atomic E-state index is 0.132. The quantitative estimate of drug-likeness (QED) is 0.581. The van der Waals surface area contributed by atoms with E-state index >= 15 is 0 Å². The van der Waals surface area contributed by atoms with E-state index in [1.807, 2.05) is 0 Å². The highest BCUT2D eigenvalue weighted by Gasteiger charge is 2.84. The Hall–Kier alpha value is -2.52. The first-order valence-corrected chi connectivity index (χ1v) is 8.14. The van der Waals surface area contributed by atoms with Crippen molar-refractivity contribution in [2.45, 2.75) is 18.6 Å². The summed E-state index contributed by atoms with van der Waals surface area (Å²) < 4.78 is 41.2. The average Bonchev–Trinajstić information content (AvgIpc) is 3.03. The molecule has 2 atom stereocenters. The lowest BCUT2D eigenvalue weighted by Gasteiger charge is -2.21. The average molecular weight is 379 g/mol. The second-order valence-corrected chi connectivity index (χ2v) is 6.51. The van der Waals surface area contributed by atoms with Gasteiger partial charge in [0.15, 0.2) is 0 Å². The summed E-state index contributed by atoms with van der Waals surface area (Å²) in [6, 6.07) is 9.83. The summed E-state index contributed by atoms with van der Waals surface area (Å²) in [5.74, 6) is -3.24. The summed E-state index contributed by atoms with van der Waals surface area (Å²) in [5, 5.41) is 0.560. The predicted octanol–water partition coefficient (Wildman–Crippen LogP) is 4.16. The topological polar surface area (TPSA) is 33.2 Å². The number of amides is 1. The normalized spacial score (nSPS) is 22.9. The van der Waals surface area contributed by atoms with Crippen LogP contribution in [-0.2, 0) is 0 Å². The first kappa shape index (κ1) is 18.3. The van der Waals surface area contributed by atoms with Crippen molar-refractivity contribution in [3.8, 4) is 11.8 Å². The number of nitrogens with zero attached hydrogens (tertiary/aromatic N) is 2. The number of aromatic nitrogens is 1. The van der Waals surface area contributed by atoms with Gasteiger partial charge in [-0.3, -0.25) is 4.79 Å². The van der Waals surface area contributed by atoms with Gasteiger partial charge in [-0.05, 0) is 30.3 Å². The van der Waals surface area contributed by atoms with Gasteiger partial charge < -0.3 is 4.90 Å². The fraction of sp³-hybridized carbons (Fsp3) is 0.263. The number of hydrogen-bond donors (Lipinski definition) is 0. The van der Waals surface area contributed by atoms with Crippen LogP contribution in [0.25, 0.3) is 0 Å². The third-order valence-corrected chi connectivity index (χ3v) is 4.69. The Labute approximate surface area is 153 Å². The summed E-state index contributed by atoms with van der Waals surface area (Å²) in [5.41, 5.74) is 1.10. The minimum atomic E-state index is -3.56. The van der Waals surface area contributed by atoms with Crippen LogP contribution in [0.3, 0.4) is 0 Å². The maximum atomic E-state index is 14.3. The van der Waals surface area contributed by atoms with E-state index < -0.39 is 23.5 Å². The maximum absolute atomic E-state index is 14.3. The lowest BCUT2D eigenvalue weighted by molar-refractivity contribution is -0.0277. The molecule has 134 valence electrons. The van der Waals surface area contributed by atoms with Gasteiger partial charge in [0, 0.05) is 29.4 Å². The SMILES string of the molecule is CC1C(F)(F)C1(F)N(C)C(=O)c1ccc(C#Cc2cccc(Cl)c2)cn1. The Bertz CT molecular complexity index is 920. The number of hydrogen-bond acceptors (Lipinski definition) is 2. The van der Waals surface area contributed by atoms with Gasteiger partial charge in [-0.15, -0.1) is 0 Å². The van der Waals surface area contributed by atoms with Crippen molar-refractivity contribution in [2.75, 3.05) is 7.05 Å². The zero-order valence-corrected chi connectivity index (χ0v) is 14.7. The molecule has 3 rings (SSSR count). The molecule has 1 aromatic heterocycles. The summed E-state index contributed by atoms with van der Waals surface area (Å²) >= 11 is 5.88. The fourth-order valence-electron chi connectivity index (χ4n) is 2.65. The maximum Gasteiger partial charge on any atom is 0.307 e. The van der Waals surface area contributed by atoms with Crippen molar-refractivity contribution in [1.29, 1.82) is 0 Å². The van der Waals surface area contributed by atoms with E-state index in [4.69, 9.17) is 11.6 Å². The molecular formula is C19H14ClF3N2O. The Kier molecular flexibility index (Phi) is 4.45. The Morgan fingerprint density at radius 3 is 2.38 bits per heavy atom. The number of alkyl halides is 3. The zero-order chi connectivity index (χ0) is 19.1. The first-order chi connectivity index (χ1) is 12.2. The molecule has 0 radical (unpaired) electrons. The molecule has 2 aromatic rings. The van der Waals surface area contributed by atoms with Crippen LogP contribution in [0.5, 0.6) is 0 Å². The monoisotopic (exact) mass is 378 g/mol. The molecule has 1 fully saturated rings. The van der Waals surface area contributed by atoms with Gasteiger partial charge >= 0.3 is 5.92 Å². The first-order valence-electron chi connectivity index (χ1n) is 7.76. The molecule has 1 amide bonds. The molecule has 7 heteroatoms. The van der Waals surface area contributed by atoms with Crippen molar-refractivity contribution < 1.29 is 18.0 Å². The molecule has 3 nitrogen and oxygen atoms in total. The van der Waals surface area contributed by atoms with Crippen molar-refractivity contribution in [1.82, 2.24) is 9.88 Å². The second-order valence-electron chi connectivity index (χ2n) is 6.07. The molecule has 0 aliphatic heterocycles. The number of carbonyl (C=O) groups excluding carboxylic acids is 1. The molecule has 0 spiro atoms. The van der Waals surface area contributed by atoms with Gasteiger partial charge in [0.1, 0.15) is 5.69 Å². The Morgan fingerprint density at radius 1 is 1.19 bits per heavy atom. The number of rotatable bonds is 2. The van der Waals surface area contributed by atoms with Gasteiger partial charge in [-0.25, -0.2) is 18.2 Å². The number of halogens is 4. The van der Waals surface area contributed by atoms with Crippen LogP contribution < -0.4 is 0 Å². The third-order valence-electron chi connectivity index (χ3n) is 4.45. The van der Waals surface area contributed by atoms with E-state index in [2.05, 4.69) is 16.8 Å². The highest BCUT2D eigenvalue weighted by molar-refractivity contribution is 6.30. The lowest BCUT2D eigenvalue weighted by atomic mass is 10.2. The van der Waals surface area contributed by atoms with Crippen LogP contribution in [0, 0.1) is 17.8 Å². The van der Waals surface area contributed by atoms with Gasteiger partial charge in [0.05, 0.1) is 5.92 Å². The number of benzene rings is 1. The molecule has 1 aliphatic rings. The van der Waals surface area contributed by atoms with Crippen LogP contribution in [0.4, 0.5) is 13.2 Å². The molecule has 0 bridgehead atoms. The molecular weight excluding hydrogens is 365 g/mol. The smallest absolute Gasteiger partial charge is 0.302 e. The molecule has 0 N–H and O–H groups in total. The molecule has 2 unspecified atom stereocenters. The van der Waals surface area contributed by atoms with E-state index in [1.54, 1.807) is 24.3 Å². The highest BCUT2D eigenvalue weighted by atomic mass is 35.5. The minimum Gasteiger partial charge on any atom is -0.302 e. The van der Waals surface area contributed by atoms with E-state index in [9.17, 15) is 18.0 Å². The van der Waals surface area contributed by atoms with Crippen LogP contribution in [0.2, 0.25) is 5.02 Å². The van der Waals surface area contributed by atoms with Crippen molar-refractivity contribution >= 4 is 17.5 Å². The van der Waals surface area contributed by atoms with Gasteiger partial charge in [-0.2, -0.15) is 0 Å². The predicted molar refractivity (Wildman–Crippen MR) is 91.7 cm³/mol. The van der Waals surface area contributed by atoms with E-state index in [0.717, 1.165) is 14.0 Å². The summed E-state index contributed by atoms with van der Waals surface area (Å²) in [6.07, 6.45) is 1.33. The molecule has 1 heterocycles. The second kappa shape index (κ2) is 6.33. The Balaban J connectivity index is 1.75. The van der Waals surface area contributed by atoms with Gasteiger partial charge in [0.2, 0.25) is 0 Å². The number of carbonyl (C=O) groups is 1. The van der Waals surface area contributed by atoms with E-state index in [1.165, 1.54) is 18.3 Å². The summed E-state index contributed by atoms with van der Waals surface area (Å²) in [4.78, 5) is 16.6. The van der Waals surface area contributed by atoms with Crippen LogP contribution in [0.15, 0.2) is 42.6 Å². The summed E-state index contributed by atoms with van der Waals surface area (Å²) in [6.45, 7) is 1.06. The number of pyridine rings is 1. The van der Waals surface area contributed by atoms with E-state index in [0.29, 0.717) is 21.0 Å². The van der Waals surface area contributed by atoms with E-state index in [-0.39, 0.29) is 5.69 Å². The molecule has 1 saturated carbocycles. The van der Waals surface area contributed by atoms with Crippen LogP contribution >= 0.6 is 11.6 Å². The Morgan fingerprint density at radius 2 is 1.85 bits per heavy atom. The van der Waals surface area contributed by atoms with Crippen LogP contribution in [-0.4, -0.2) is 34.6 Å². The standard InChI is InChI=1S/C19H14ClF3N2O/c1-12-18(21,22)19(12,23)25(2)17(26)16-9-8-14(11-24-16)7-6-13-4-3-5-15(20)10-13/h3-5,8-12H,1-2H3. The molecule has 1 aliphatic carbocycles. The lowest BCUT2D eigenvalue weighted by Crippen LogP contribution is -2.40. The van der Waals surface area contributed by atoms with Crippen molar-refractivity contribution in [3.05, 3.63) is 64.4 Å². The van der Waals surface area contributed by atoms with Crippen molar-refractivity contribution in [3.63, 3.8) is 0 Å². The van der Waals surface area contributed by atoms with Crippen molar-refractivity contribution in [2.24, 2.45) is 5.92 Å².